The molecule has 0 aliphatic rings. The number of methoxy groups -OCH3 is 1. The Balaban J connectivity index is 4.50. The van der Waals surface area contributed by atoms with Crippen molar-refractivity contribution in [2.45, 2.75) is 52.1 Å². The molecular formula is C15H27N3O5. The molecule has 0 aliphatic carbocycles. The van der Waals surface area contributed by atoms with Crippen LogP contribution in [0.5, 0.6) is 0 Å². The van der Waals surface area contributed by atoms with Crippen molar-refractivity contribution in [1.82, 2.24) is 10.6 Å². The van der Waals surface area contributed by atoms with Crippen molar-refractivity contribution in [2.24, 2.45) is 11.7 Å². The van der Waals surface area contributed by atoms with Gasteiger partial charge in [-0.15, -0.1) is 0 Å². The Morgan fingerprint density at radius 3 is 2.26 bits per heavy atom. The fraction of sp³-hybridized carbons (Fsp3) is 0.733. The molecule has 8 heteroatoms. The molecule has 23 heavy (non-hydrogen) atoms. The molecule has 0 spiro atoms. The summed E-state index contributed by atoms with van der Waals surface area (Å²) in [7, 11) is 1.24. The van der Waals surface area contributed by atoms with E-state index in [1.807, 2.05) is 13.8 Å². The lowest BCUT2D eigenvalue weighted by molar-refractivity contribution is -0.146. The second-order valence-electron chi connectivity index (χ2n) is 5.40. The standard InChI is InChI=1S/C15H27N3O5/c1-5-7-10(16)13(20)14(21)17-8-11(19)18-12(9(3)6-2)15(22)23-4/h9-10,12H,5-8,16H2,1-4H3,(H,17,21)(H,18,19). The van der Waals surface area contributed by atoms with Crippen LogP contribution in [0.3, 0.4) is 0 Å². The van der Waals surface area contributed by atoms with Crippen molar-refractivity contribution < 1.29 is 23.9 Å². The van der Waals surface area contributed by atoms with Crippen LogP contribution < -0.4 is 16.4 Å². The second-order valence-corrected chi connectivity index (χ2v) is 5.40. The van der Waals surface area contributed by atoms with Crippen LogP contribution in [0.1, 0.15) is 40.0 Å². The van der Waals surface area contributed by atoms with E-state index in [1.165, 1.54) is 7.11 Å². The number of nitrogens with two attached hydrogens (primary N) is 1. The third-order valence-corrected chi connectivity index (χ3v) is 3.55. The fourth-order valence-corrected chi connectivity index (χ4v) is 1.88. The third kappa shape index (κ3) is 7.23. The van der Waals surface area contributed by atoms with Gasteiger partial charge < -0.3 is 21.1 Å². The first kappa shape index (κ1) is 21.0. The molecule has 0 fully saturated rings. The molecule has 3 unspecified atom stereocenters. The van der Waals surface area contributed by atoms with E-state index in [-0.39, 0.29) is 5.92 Å². The topological polar surface area (TPSA) is 128 Å². The summed E-state index contributed by atoms with van der Waals surface area (Å²) >= 11 is 0. The van der Waals surface area contributed by atoms with Crippen molar-refractivity contribution in [3.8, 4) is 0 Å². The summed E-state index contributed by atoms with van der Waals surface area (Å²) in [5, 5.41) is 4.70. The summed E-state index contributed by atoms with van der Waals surface area (Å²) in [6.45, 7) is 5.11. The van der Waals surface area contributed by atoms with Gasteiger partial charge in [-0.1, -0.05) is 33.6 Å². The van der Waals surface area contributed by atoms with Gasteiger partial charge in [-0.3, -0.25) is 14.4 Å². The highest BCUT2D eigenvalue weighted by Crippen LogP contribution is 2.08. The highest BCUT2D eigenvalue weighted by atomic mass is 16.5. The van der Waals surface area contributed by atoms with E-state index in [0.29, 0.717) is 19.3 Å². The van der Waals surface area contributed by atoms with Crippen LogP contribution in [0.2, 0.25) is 0 Å². The molecule has 0 aromatic rings. The number of carbonyl (C=O) groups is 4. The molecule has 0 heterocycles. The van der Waals surface area contributed by atoms with Crippen molar-refractivity contribution in [2.75, 3.05) is 13.7 Å². The van der Waals surface area contributed by atoms with Crippen LogP contribution in [0, 0.1) is 5.92 Å². The number of rotatable bonds is 10. The Labute approximate surface area is 136 Å². The minimum Gasteiger partial charge on any atom is -0.467 e. The van der Waals surface area contributed by atoms with E-state index in [9.17, 15) is 19.2 Å². The predicted octanol–water partition coefficient (Wildman–Crippen LogP) is -0.497. The molecule has 132 valence electrons. The van der Waals surface area contributed by atoms with Gasteiger partial charge in [-0.25, -0.2) is 4.79 Å². The molecule has 0 saturated heterocycles. The summed E-state index contributed by atoms with van der Waals surface area (Å²) in [6, 6.07) is -1.67. The Morgan fingerprint density at radius 2 is 1.78 bits per heavy atom. The maximum Gasteiger partial charge on any atom is 0.328 e. The Morgan fingerprint density at radius 1 is 1.17 bits per heavy atom. The summed E-state index contributed by atoms with van der Waals surface area (Å²) in [5.74, 6) is -2.92. The SMILES string of the molecule is CCCC(N)C(=O)C(=O)NCC(=O)NC(C(=O)OC)C(C)CC. The zero-order chi connectivity index (χ0) is 18.0. The summed E-state index contributed by atoms with van der Waals surface area (Å²) in [5.41, 5.74) is 5.56. The molecular weight excluding hydrogens is 302 g/mol. The van der Waals surface area contributed by atoms with E-state index < -0.39 is 42.2 Å². The molecule has 8 nitrogen and oxygen atoms in total. The molecule has 0 saturated carbocycles. The maximum absolute atomic E-state index is 11.8. The van der Waals surface area contributed by atoms with Crippen LogP contribution in [0.4, 0.5) is 0 Å². The van der Waals surface area contributed by atoms with E-state index >= 15 is 0 Å². The van der Waals surface area contributed by atoms with Gasteiger partial charge in [0, 0.05) is 0 Å². The van der Waals surface area contributed by atoms with Crippen molar-refractivity contribution >= 4 is 23.6 Å². The minimum absolute atomic E-state index is 0.123. The quantitative estimate of drug-likeness (QED) is 0.366. The van der Waals surface area contributed by atoms with Crippen molar-refractivity contribution in [3.63, 3.8) is 0 Å². The normalized spacial score (nSPS) is 14.3. The number of hydrogen-bond donors (Lipinski definition) is 3. The van der Waals surface area contributed by atoms with Gasteiger partial charge in [-0.05, 0) is 12.3 Å². The summed E-state index contributed by atoms with van der Waals surface area (Å²) in [6.07, 6.45) is 1.74. The van der Waals surface area contributed by atoms with E-state index in [4.69, 9.17) is 5.73 Å². The van der Waals surface area contributed by atoms with E-state index in [1.54, 1.807) is 6.92 Å². The average Bonchev–Trinajstić information content (AvgIpc) is 2.55. The van der Waals surface area contributed by atoms with Gasteiger partial charge in [0.05, 0.1) is 19.7 Å². The molecule has 3 atom stereocenters. The van der Waals surface area contributed by atoms with E-state index in [0.717, 1.165) is 0 Å². The monoisotopic (exact) mass is 329 g/mol. The zero-order valence-electron chi connectivity index (χ0n) is 14.2. The Bertz CT molecular complexity index is 439. The Kier molecular flexibility index (Phi) is 9.80. The van der Waals surface area contributed by atoms with Gasteiger partial charge in [0.15, 0.2) is 0 Å². The second kappa shape index (κ2) is 10.7. The van der Waals surface area contributed by atoms with Gasteiger partial charge in [0.1, 0.15) is 6.04 Å². The van der Waals surface area contributed by atoms with Gasteiger partial charge in [-0.2, -0.15) is 0 Å². The molecule has 0 aliphatic heterocycles. The van der Waals surface area contributed by atoms with Crippen LogP contribution in [0.15, 0.2) is 0 Å². The molecule has 0 bridgehead atoms. The maximum atomic E-state index is 11.8. The molecule has 0 rings (SSSR count). The van der Waals surface area contributed by atoms with Gasteiger partial charge in [0.2, 0.25) is 11.7 Å². The number of nitrogens with one attached hydrogen (secondary N) is 2. The lowest BCUT2D eigenvalue weighted by atomic mass is 9.99. The largest absolute Gasteiger partial charge is 0.467 e. The number of carbonyl (C=O) groups excluding carboxylic acids is 4. The lowest BCUT2D eigenvalue weighted by Crippen LogP contribution is -2.50. The van der Waals surface area contributed by atoms with E-state index in [2.05, 4.69) is 15.4 Å². The Hall–Kier alpha value is -1.96. The van der Waals surface area contributed by atoms with Crippen molar-refractivity contribution in [1.29, 1.82) is 0 Å². The smallest absolute Gasteiger partial charge is 0.328 e. The summed E-state index contributed by atoms with van der Waals surface area (Å²) in [4.78, 5) is 46.8. The minimum atomic E-state index is -0.903. The van der Waals surface area contributed by atoms with Crippen LogP contribution in [-0.4, -0.2) is 49.3 Å². The molecule has 0 aromatic heterocycles. The van der Waals surface area contributed by atoms with Crippen LogP contribution in [-0.2, 0) is 23.9 Å². The third-order valence-electron chi connectivity index (χ3n) is 3.55. The lowest BCUT2D eigenvalue weighted by Gasteiger charge is -2.21. The predicted molar refractivity (Wildman–Crippen MR) is 84.3 cm³/mol. The number of hydrogen-bond acceptors (Lipinski definition) is 6. The summed E-state index contributed by atoms with van der Waals surface area (Å²) < 4.78 is 4.65. The van der Waals surface area contributed by atoms with Crippen LogP contribution in [0.25, 0.3) is 0 Å². The number of esters is 1. The molecule has 2 amide bonds. The first-order valence-corrected chi connectivity index (χ1v) is 7.73. The average molecular weight is 329 g/mol. The fourth-order valence-electron chi connectivity index (χ4n) is 1.88. The molecule has 0 aromatic carbocycles. The number of ketones is 1. The molecule has 4 N–H and O–H groups in total. The van der Waals surface area contributed by atoms with Gasteiger partial charge >= 0.3 is 5.97 Å². The first-order valence-electron chi connectivity index (χ1n) is 7.73. The number of ether oxygens (including phenoxy) is 1. The highest BCUT2D eigenvalue weighted by molar-refractivity contribution is 6.38. The molecule has 0 radical (unpaired) electrons. The van der Waals surface area contributed by atoms with Crippen molar-refractivity contribution in [3.05, 3.63) is 0 Å². The first-order chi connectivity index (χ1) is 10.8. The number of Topliss-reactive ketones (excluding diaryl/α,β-unsaturated/α-hetero) is 1. The van der Waals surface area contributed by atoms with Gasteiger partial charge in [0.25, 0.3) is 5.91 Å². The zero-order valence-corrected chi connectivity index (χ0v) is 14.2. The van der Waals surface area contributed by atoms with Crippen LogP contribution >= 0.6 is 0 Å². The number of amides is 2. The highest BCUT2D eigenvalue weighted by Gasteiger charge is 2.27.